The highest BCUT2D eigenvalue weighted by Gasteiger charge is 2.12. The zero-order valence-electron chi connectivity index (χ0n) is 15.6. The van der Waals surface area contributed by atoms with Crippen molar-refractivity contribution in [2.24, 2.45) is 4.99 Å². The van der Waals surface area contributed by atoms with Crippen LogP contribution in [0.2, 0.25) is 5.02 Å². The summed E-state index contributed by atoms with van der Waals surface area (Å²) >= 11 is 7.61. The summed E-state index contributed by atoms with van der Waals surface area (Å²) in [6, 6.07) is 15.4. The second-order valence-corrected chi connectivity index (χ2v) is 7.57. The van der Waals surface area contributed by atoms with Gasteiger partial charge in [0.15, 0.2) is 0 Å². The van der Waals surface area contributed by atoms with Gasteiger partial charge in [0.1, 0.15) is 0 Å². The van der Waals surface area contributed by atoms with Crippen LogP contribution in [0, 0.1) is 0 Å². The molecule has 0 aliphatic heterocycles. The molecule has 0 bridgehead atoms. The van der Waals surface area contributed by atoms with Gasteiger partial charge in [0.2, 0.25) is 0 Å². The first kappa shape index (κ1) is 19.2. The molecule has 0 aliphatic rings. The number of thiophene rings is 1. The van der Waals surface area contributed by atoms with Crippen molar-refractivity contribution in [1.29, 1.82) is 0 Å². The summed E-state index contributed by atoms with van der Waals surface area (Å²) in [4.78, 5) is 16.7. The Bertz CT molecular complexity index is 1200. The summed E-state index contributed by atoms with van der Waals surface area (Å²) in [6.45, 7) is 0.411. The van der Waals surface area contributed by atoms with Crippen LogP contribution in [0.1, 0.15) is 9.67 Å². The van der Waals surface area contributed by atoms with Gasteiger partial charge in [0.25, 0.3) is 5.91 Å². The highest BCUT2D eigenvalue weighted by Crippen LogP contribution is 2.28. The lowest BCUT2D eigenvalue weighted by Crippen LogP contribution is -2.24. The number of carbonyl (C=O) groups is 1. The number of aromatic nitrogens is 2. The molecule has 29 heavy (non-hydrogen) atoms. The second kappa shape index (κ2) is 8.46. The van der Waals surface area contributed by atoms with Crippen LogP contribution in [0.5, 0.6) is 0 Å². The Morgan fingerprint density at radius 2 is 2.14 bits per heavy atom. The van der Waals surface area contributed by atoms with Crippen molar-refractivity contribution in [3.63, 3.8) is 0 Å². The van der Waals surface area contributed by atoms with Gasteiger partial charge in [-0.15, -0.1) is 11.3 Å². The molecule has 0 spiro atoms. The Balaban J connectivity index is 1.57. The molecule has 6 nitrogen and oxygen atoms in total. The van der Waals surface area contributed by atoms with Crippen molar-refractivity contribution in [2.45, 2.75) is 0 Å². The zero-order valence-corrected chi connectivity index (χ0v) is 17.2. The minimum absolute atomic E-state index is 0.121. The van der Waals surface area contributed by atoms with Gasteiger partial charge in [-0.1, -0.05) is 23.7 Å². The lowest BCUT2D eigenvalue weighted by molar-refractivity contribution is 0.0963. The van der Waals surface area contributed by atoms with Gasteiger partial charge in [-0.25, -0.2) is 4.68 Å². The molecule has 2 heterocycles. The summed E-state index contributed by atoms with van der Waals surface area (Å²) < 4.78 is 1.83. The van der Waals surface area contributed by atoms with E-state index < -0.39 is 0 Å². The number of aliphatic imine (C=N–C) groups is 1. The van der Waals surface area contributed by atoms with E-state index in [-0.39, 0.29) is 5.91 Å². The van der Waals surface area contributed by atoms with Crippen LogP contribution in [-0.2, 0) is 0 Å². The number of para-hydroxylation sites is 1. The van der Waals surface area contributed by atoms with Crippen LogP contribution in [0.25, 0.3) is 16.6 Å². The van der Waals surface area contributed by atoms with Gasteiger partial charge < -0.3 is 10.6 Å². The molecule has 0 radical (unpaired) electrons. The fourth-order valence-electron chi connectivity index (χ4n) is 2.91. The van der Waals surface area contributed by atoms with E-state index in [0.717, 1.165) is 28.0 Å². The van der Waals surface area contributed by atoms with E-state index in [0.29, 0.717) is 16.4 Å². The van der Waals surface area contributed by atoms with Crippen LogP contribution < -0.4 is 10.6 Å². The number of hydrogen-bond donors (Lipinski definition) is 2. The molecule has 0 unspecified atom stereocenters. The van der Waals surface area contributed by atoms with Gasteiger partial charge in [-0.05, 0) is 36.4 Å². The molecule has 0 saturated heterocycles. The summed E-state index contributed by atoms with van der Waals surface area (Å²) in [5, 5.41) is 14.2. The summed E-state index contributed by atoms with van der Waals surface area (Å²) in [5.74, 6) is -0.121. The predicted octanol–water partition coefficient (Wildman–Crippen LogP) is 4.91. The number of rotatable bonds is 6. The Morgan fingerprint density at radius 1 is 1.28 bits per heavy atom. The molecule has 0 saturated carbocycles. The molecule has 0 fully saturated rings. The Kier molecular flexibility index (Phi) is 5.59. The minimum atomic E-state index is -0.121. The molecule has 4 aromatic rings. The fraction of sp³-hybridized carbons (Fsp3) is 0.0952. The molecule has 2 aromatic heterocycles. The van der Waals surface area contributed by atoms with Crippen LogP contribution in [0.3, 0.4) is 0 Å². The number of anilines is 2. The summed E-state index contributed by atoms with van der Waals surface area (Å²) in [7, 11) is 1.67. The number of nitrogens with one attached hydrogen (secondary N) is 2. The van der Waals surface area contributed by atoms with Gasteiger partial charge in [0, 0.05) is 29.7 Å². The Labute approximate surface area is 176 Å². The molecular weight excluding hydrogens is 406 g/mol. The number of halogens is 1. The van der Waals surface area contributed by atoms with Crippen LogP contribution in [0.15, 0.2) is 65.1 Å². The monoisotopic (exact) mass is 423 g/mol. The summed E-state index contributed by atoms with van der Waals surface area (Å²) in [6.07, 6.45) is 3.46. The molecule has 2 aromatic carbocycles. The number of hydrogen-bond acceptors (Lipinski definition) is 5. The van der Waals surface area contributed by atoms with Crippen molar-refractivity contribution in [1.82, 2.24) is 15.1 Å². The van der Waals surface area contributed by atoms with Gasteiger partial charge in [-0.2, -0.15) is 5.10 Å². The summed E-state index contributed by atoms with van der Waals surface area (Å²) in [5.41, 5.74) is 3.58. The number of carbonyl (C=O) groups excluding carboxylic acids is 1. The maximum atomic E-state index is 12.2. The first-order chi connectivity index (χ1) is 14.2. The molecular formula is C21H18ClN5OS. The molecule has 2 N–H and O–H groups in total. The van der Waals surface area contributed by atoms with Gasteiger partial charge >= 0.3 is 0 Å². The third-order valence-electron chi connectivity index (χ3n) is 4.31. The fourth-order valence-corrected chi connectivity index (χ4v) is 3.87. The standard InChI is InChI=1S/C21H18ClN5OS/c1-23-8-9-24-21(28)20-11-16(13-29-20)27-19-7-6-15(10-14(19)12-25-27)26-18-5-3-2-4-17(18)22/h2-8,10-13,26H,9H2,1H3,(H,24,28)/b23-8+. The number of fused-ring (bicyclic) bond motifs is 1. The average molecular weight is 424 g/mol. The normalized spacial score (nSPS) is 11.2. The van der Waals surface area contributed by atoms with E-state index >= 15 is 0 Å². The Morgan fingerprint density at radius 3 is 2.97 bits per heavy atom. The lowest BCUT2D eigenvalue weighted by Gasteiger charge is -2.08. The topological polar surface area (TPSA) is 71.3 Å². The highest BCUT2D eigenvalue weighted by atomic mass is 35.5. The molecule has 0 aliphatic carbocycles. The van der Waals surface area contributed by atoms with Gasteiger partial charge in [0.05, 0.1) is 39.5 Å². The molecule has 1 amide bonds. The molecule has 146 valence electrons. The maximum Gasteiger partial charge on any atom is 0.261 e. The van der Waals surface area contributed by atoms with Crippen LogP contribution in [0.4, 0.5) is 11.4 Å². The number of nitrogens with zero attached hydrogens (tertiary/aromatic N) is 3. The minimum Gasteiger partial charge on any atom is -0.354 e. The molecule has 8 heteroatoms. The SMILES string of the molecule is C/N=C/CNC(=O)c1cc(-n2ncc3cc(Nc4ccccc4Cl)ccc32)cs1. The van der Waals surface area contributed by atoms with E-state index in [1.165, 1.54) is 11.3 Å². The quantitative estimate of drug-likeness (QED) is 0.432. The number of benzene rings is 2. The van der Waals surface area contributed by atoms with Crippen molar-refractivity contribution in [3.05, 3.63) is 70.0 Å². The van der Waals surface area contributed by atoms with E-state index in [1.807, 2.05) is 64.8 Å². The van der Waals surface area contributed by atoms with E-state index in [1.54, 1.807) is 13.3 Å². The van der Waals surface area contributed by atoms with E-state index in [2.05, 4.69) is 20.7 Å². The Hall–Kier alpha value is -3.16. The highest BCUT2D eigenvalue weighted by molar-refractivity contribution is 7.12. The first-order valence-corrected chi connectivity index (χ1v) is 10.2. The lowest BCUT2D eigenvalue weighted by atomic mass is 10.2. The average Bonchev–Trinajstić information content (AvgIpc) is 3.36. The molecule has 0 atom stereocenters. The first-order valence-electron chi connectivity index (χ1n) is 8.93. The van der Waals surface area contributed by atoms with Crippen molar-refractivity contribution < 1.29 is 4.79 Å². The van der Waals surface area contributed by atoms with E-state index in [4.69, 9.17) is 11.6 Å². The van der Waals surface area contributed by atoms with Crippen LogP contribution in [-0.4, -0.2) is 35.5 Å². The zero-order chi connectivity index (χ0) is 20.2. The van der Waals surface area contributed by atoms with Crippen molar-refractivity contribution in [3.8, 4) is 5.69 Å². The third kappa shape index (κ3) is 4.16. The largest absolute Gasteiger partial charge is 0.354 e. The van der Waals surface area contributed by atoms with E-state index in [9.17, 15) is 4.79 Å². The van der Waals surface area contributed by atoms with Crippen molar-refractivity contribution >= 4 is 57.3 Å². The van der Waals surface area contributed by atoms with Crippen molar-refractivity contribution in [2.75, 3.05) is 18.9 Å². The van der Waals surface area contributed by atoms with Crippen LogP contribution >= 0.6 is 22.9 Å². The second-order valence-electron chi connectivity index (χ2n) is 6.25. The maximum absolute atomic E-state index is 12.2. The van der Waals surface area contributed by atoms with Gasteiger partial charge in [-0.3, -0.25) is 9.79 Å². The third-order valence-corrected chi connectivity index (χ3v) is 5.56. The predicted molar refractivity (Wildman–Crippen MR) is 120 cm³/mol. The number of amides is 1. The smallest absolute Gasteiger partial charge is 0.261 e. The molecule has 4 rings (SSSR count).